The first kappa shape index (κ1) is 17.8. The molecule has 2 rings (SSSR count). The number of carbonyl (C=O) groups excluding carboxylic acids is 1. The predicted octanol–water partition coefficient (Wildman–Crippen LogP) is 3.97. The summed E-state index contributed by atoms with van der Waals surface area (Å²) in [5.41, 5.74) is 1.89. The molecular formula is C19H18O4S. The Hall–Kier alpha value is -2.53. The SMILES string of the molecule is CSc1ccc(/C(COC(C)=O)=C(\C(=O)O)c2ccccc2)cc1. The van der Waals surface area contributed by atoms with Crippen LogP contribution < -0.4 is 0 Å². The van der Waals surface area contributed by atoms with Crippen molar-refractivity contribution in [2.75, 3.05) is 12.9 Å². The second-order valence-electron chi connectivity index (χ2n) is 5.03. The van der Waals surface area contributed by atoms with Crippen LogP contribution in [0.5, 0.6) is 0 Å². The summed E-state index contributed by atoms with van der Waals surface area (Å²) in [7, 11) is 0. The summed E-state index contributed by atoms with van der Waals surface area (Å²) in [4.78, 5) is 24.2. The summed E-state index contributed by atoms with van der Waals surface area (Å²) in [6, 6.07) is 16.4. The van der Waals surface area contributed by atoms with Crippen molar-refractivity contribution in [1.29, 1.82) is 0 Å². The van der Waals surface area contributed by atoms with Gasteiger partial charge in [0.25, 0.3) is 0 Å². The van der Waals surface area contributed by atoms with Crippen molar-refractivity contribution in [3.8, 4) is 0 Å². The maximum absolute atomic E-state index is 11.9. The fraction of sp³-hybridized carbons (Fsp3) is 0.158. The number of ether oxygens (including phenoxy) is 1. The van der Waals surface area contributed by atoms with Gasteiger partial charge in [-0.15, -0.1) is 11.8 Å². The normalized spacial score (nSPS) is 11.6. The summed E-state index contributed by atoms with van der Waals surface area (Å²) >= 11 is 1.60. The third-order valence-electron chi connectivity index (χ3n) is 3.44. The lowest BCUT2D eigenvalue weighted by atomic mass is 9.95. The zero-order chi connectivity index (χ0) is 17.5. The second-order valence-corrected chi connectivity index (χ2v) is 5.91. The topological polar surface area (TPSA) is 63.6 Å². The van der Waals surface area contributed by atoms with Gasteiger partial charge in [0.05, 0.1) is 5.57 Å². The van der Waals surface area contributed by atoms with Crippen molar-refractivity contribution in [3.63, 3.8) is 0 Å². The Morgan fingerprint density at radius 3 is 2.12 bits per heavy atom. The van der Waals surface area contributed by atoms with Gasteiger partial charge in [0.1, 0.15) is 6.61 Å². The number of benzene rings is 2. The molecule has 0 aliphatic carbocycles. The lowest BCUT2D eigenvalue weighted by molar-refractivity contribution is -0.139. The molecule has 0 atom stereocenters. The molecule has 124 valence electrons. The highest BCUT2D eigenvalue weighted by Crippen LogP contribution is 2.28. The van der Waals surface area contributed by atoms with E-state index in [4.69, 9.17) is 4.74 Å². The van der Waals surface area contributed by atoms with Crippen LogP contribution in [0, 0.1) is 0 Å². The molecule has 0 heterocycles. The number of hydrogen-bond donors (Lipinski definition) is 1. The highest BCUT2D eigenvalue weighted by molar-refractivity contribution is 7.98. The van der Waals surface area contributed by atoms with Crippen molar-refractivity contribution in [1.82, 2.24) is 0 Å². The Morgan fingerprint density at radius 2 is 1.62 bits per heavy atom. The van der Waals surface area contributed by atoms with E-state index in [0.717, 1.165) is 10.5 Å². The van der Waals surface area contributed by atoms with E-state index < -0.39 is 11.9 Å². The number of carboxylic acid groups (broad SMARTS) is 1. The molecule has 24 heavy (non-hydrogen) atoms. The molecule has 5 heteroatoms. The van der Waals surface area contributed by atoms with E-state index in [2.05, 4.69) is 0 Å². The predicted molar refractivity (Wildman–Crippen MR) is 95.7 cm³/mol. The highest BCUT2D eigenvalue weighted by atomic mass is 32.2. The number of carbonyl (C=O) groups is 2. The van der Waals surface area contributed by atoms with E-state index in [9.17, 15) is 14.7 Å². The van der Waals surface area contributed by atoms with Crippen LogP contribution in [0.2, 0.25) is 0 Å². The monoisotopic (exact) mass is 342 g/mol. The number of hydrogen-bond acceptors (Lipinski definition) is 4. The molecule has 0 aromatic heterocycles. The Kier molecular flexibility index (Phi) is 6.21. The molecule has 0 bridgehead atoms. The van der Waals surface area contributed by atoms with Gasteiger partial charge in [0.15, 0.2) is 0 Å². The average molecular weight is 342 g/mol. The number of aliphatic carboxylic acids is 1. The van der Waals surface area contributed by atoms with Crippen LogP contribution in [0.1, 0.15) is 18.1 Å². The largest absolute Gasteiger partial charge is 0.478 e. The maximum Gasteiger partial charge on any atom is 0.336 e. The zero-order valence-corrected chi connectivity index (χ0v) is 14.3. The minimum absolute atomic E-state index is 0.0928. The zero-order valence-electron chi connectivity index (χ0n) is 13.5. The van der Waals surface area contributed by atoms with Crippen LogP contribution in [0.4, 0.5) is 0 Å². The van der Waals surface area contributed by atoms with Crippen LogP contribution in [-0.4, -0.2) is 29.9 Å². The van der Waals surface area contributed by atoms with E-state index in [1.165, 1.54) is 6.92 Å². The van der Waals surface area contributed by atoms with Gasteiger partial charge >= 0.3 is 11.9 Å². The van der Waals surface area contributed by atoms with E-state index in [0.29, 0.717) is 11.1 Å². The standard InChI is InChI=1S/C19H18O4S/c1-13(20)23-12-17(14-8-10-16(24-2)11-9-14)18(19(21)22)15-6-4-3-5-7-15/h3-11H,12H2,1-2H3,(H,21,22)/b18-17-. The van der Waals surface area contributed by atoms with Gasteiger partial charge in [-0.3, -0.25) is 4.79 Å². The Labute approximate surface area is 145 Å². The molecule has 0 aliphatic heterocycles. The van der Waals surface area contributed by atoms with Gasteiger partial charge in [-0.05, 0) is 29.5 Å². The van der Waals surface area contributed by atoms with Crippen LogP contribution in [0.3, 0.4) is 0 Å². The van der Waals surface area contributed by atoms with Gasteiger partial charge in [0.2, 0.25) is 0 Å². The first-order valence-corrected chi connectivity index (χ1v) is 8.55. The summed E-state index contributed by atoms with van der Waals surface area (Å²) in [6.07, 6.45) is 1.97. The Balaban J connectivity index is 2.59. The quantitative estimate of drug-likeness (QED) is 0.372. The molecule has 1 N–H and O–H groups in total. The third kappa shape index (κ3) is 4.49. The van der Waals surface area contributed by atoms with Crippen molar-refractivity contribution in [3.05, 3.63) is 65.7 Å². The molecule has 4 nitrogen and oxygen atoms in total. The van der Waals surface area contributed by atoms with Crippen LogP contribution in [0.15, 0.2) is 59.5 Å². The molecule has 2 aromatic rings. The number of thioether (sulfide) groups is 1. The molecule has 0 amide bonds. The molecule has 0 saturated heterocycles. The number of esters is 1. The lowest BCUT2D eigenvalue weighted by Gasteiger charge is -2.14. The van der Waals surface area contributed by atoms with Crippen molar-refractivity contribution < 1.29 is 19.4 Å². The van der Waals surface area contributed by atoms with Crippen molar-refractivity contribution in [2.24, 2.45) is 0 Å². The fourth-order valence-electron chi connectivity index (χ4n) is 2.30. The highest BCUT2D eigenvalue weighted by Gasteiger charge is 2.19. The van der Waals surface area contributed by atoms with Gasteiger partial charge in [-0.25, -0.2) is 4.79 Å². The third-order valence-corrected chi connectivity index (χ3v) is 4.18. The van der Waals surface area contributed by atoms with Gasteiger partial charge in [-0.2, -0.15) is 0 Å². The van der Waals surface area contributed by atoms with Crippen molar-refractivity contribution in [2.45, 2.75) is 11.8 Å². The van der Waals surface area contributed by atoms with Crippen LogP contribution in [0.25, 0.3) is 11.1 Å². The second kappa shape index (κ2) is 8.36. The fourth-order valence-corrected chi connectivity index (χ4v) is 2.71. The van der Waals surface area contributed by atoms with E-state index >= 15 is 0 Å². The Morgan fingerprint density at radius 1 is 1.00 bits per heavy atom. The molecule has 0 fully saturated rings. The lowest BCUT2D eigenvalue weighted by Crippen LogP contribution is -2.10. The minimum Gasteiger partial charge on any atom is -0.478 e. The summed E-state index contributed by atoms with van der Waals surface area (Å²) in [6.45, 7) is 1.21. The first-order valence-electron chi connectivity index (χ1n) is 7.32. The van der Waals surface area contributed by atoms with Gasteiger partial charge in [-0.1, -0.05) is 42.5 Å². The average Bonchev–Trinajstić information content (AvgIpc) is 2.59. The maximum atomic E-state index is 11.9. The Bertz CT molecular complexity index is 749. The summed E-state index contributed by atoms with van der Waals surface area (Å²) in [5.74, 6) is -1.51. The molecule has 0 spiro atoms. The van der Waals surface area contributed by atoms with Crippen LogP contribution in [-0.2, 0) is 14.3 Å². The molecule has 0 radical (unpaired) electrons. The van der Waals surface area contributed by atoms with E-state index in [-0.39, 0.29) is 12.2 Å². The smallest absolute Gasteiger partial charge is 0.336 e. The first-order chi connectivity index (χ1) is 11.5. The summed E-state index contributed by atoms with van der Waals surface area (Å²) in [5, 5.41) is 9.72. The van der Waals surface area contributed by atoms with Gasteiger partial charge in [0, 0.05) is 17.4 Å². The molecule has 0 aliphatic rings. The van der Waals surface area contributed by atoms with E-state index in [1.807, 2.05) is 36.6 Å². The number of rotatable bonds is 6. The molecule has 0 unspecified atom stereocenters. The summed E-state index contributed by atoms with van der Waals surface area (Å²) < 4.78 is 5.10. The molecule has 0 saturated carbocycles. The molecule has 2 aromatic carbocycles. The molecular weight excluding hydrogens is 324 g/mol. The van der Waals surface area contributed by atoms with Crippen LogP contribution >= 0.6 is 11.8 Å². The van der Waals surface area contributed by atoms with Crippen molar-refractivity contribution >= 4 is 34.8 Å². The minimum atomic E-state index is -1.06. The number of carboxylic acids is 1. The van der Waals surface area contributed by atoms with E-state index in [1.54, 1.807) is 36.0 Å². The van der Waals surface area contributed by atoms with Gasteiger partial charge < -0.3 is 9.84 Å².